The number of carbonyl (C=O) groups excluding carboxylic acids is 3. The number of hydrogen-bond donors (Lipinski definition) is 1. The highest BCUT2D eigenvalue weighted by Gasteiger charge is 2.32. The van der Waals surface area contributed by atoms with E-state index < -0.39 is 11.8 Å². The molecule has 0 saturated heterocycles. The van der Waals surface area contributed by atoms with Crippen molar-refractivity contribution in [1.29, 1.82) is 0 Å². The lowest BCUT2D eigenvalue weighted by Crippen LogP contribution is -2.44. The van der Waals surface area contributed by atoms with E-state index >= 15 is 4.39 Å². The Morgan fingerprint density at radius 3 is 2.64 bits per heavy atom. The number of carbonyl (C=O) groups is 3. The van der Waals surface area contributed by atoms with Crippen molar-refractivity contribution >= 4 is 29.3 Å². The van der Waals surface area contributed by atoms with Gasteiger partial charge in [-0.2, -0.15) is 0 Å². The van der Waals surface area contributed by atoms with Crippen LogP contribution in [0.3, 0.4) is 0 Å². The number of hydrogen-bond acceptors (Lipinski definition) is 4. The van der Waals surface area contributed by atoms with Gasteiger partial charge in [0.05, 0.1) is 25.3 Å². The summed E-state index contributed by atoms with van der Waals surface area (Å²) in [7, 11) is 0. The maximum atomic E-state index is 15.0. The third kappa shape index (κ3) is 5.69. The summed E-state index contributed by atoms with van der Waals surface area (Å²) in [5.41, 5.74) is 6.14. The molecule has 3 heterocycles. The van der Waals surface area contributed by atoms with Gasteiger partial charge in [0.15, 0.2) is 0 Å². The Morgan fingerprint density at radius 1 is 0.977 bits per heavy atom. The van der Waals surface area contributed by atoms with Crippen LogP contribution < -0.4 is 15.1 Å². The van der Waals surface area contributed by atoms with Crippen molar-refractivity contribution in [3.8, 4) is 0 Å². The number of nitrogens with zero attached hydrogens (tertiary/aromatic N) is 3. The molecule has 2 aliphatic heterocycles. The Bertz CT molecular complexity index is 1730. The van der Waals surface area contributed by atoms with E-state index in [0.717, 1.165) is 28.1 Å². The zero-order valence-electron chi connectivity index (χ0n) is 24.9. The van der Waals surface area contributed by atoms with Crippen LogP contribution in [0.5, 0.6) is 0 Å². The van der Waals surface area contributed by atoms with E-state index in [1.165, 1.54) is 11.0 Å². The molecule has 0 fully saturated rings. The summed E-state index contributed by atoms with van der Waals surface area (Å²) < 4.78 is 22.3. The van der Waals surface area contributed by atoms with Crippen molar-refractivity contribution in [3.05, 3.63) is 118 Å². The zero-order chi connectivity index (χ0) is 30.8. The lowest BCUT2D eigenvalue weighted by molar-refractivity contribution is -0.143. The van der Waals surface area contributed by atoms with E-state index in [1.54, 1.807) is 25.1 Å². The minimum Gasteiger partial charge on any atom is -0.466 e. The van der Waals surface area contributed by atoms with Crippen molar-refractivity contribution in [3.63, 3.8) is 0 Å². The highest BCUT2D eigenvalue weighted by Crippen LogP contribution is 2.39. The highest BCUT2D eigenvalue weighted by molar-refractivity contribution is 6.06. The molecular weight excluding hydrogens is 559 g/mol. The van der Waals surface area contributed by atoms with Crippen LogP contribution in [0.2, 0.25) is 0 Å². The summed E-state index contributed by atoms with van der Waals surface area (Å²) in [6, 6.07) is 21.8. The minimum absolute atomic E-state index is 0.0939. The summed E-state index contributed by atoms with van der Waals surface area (Å²) in [5.74, 6) is -1.16. The number of benzene rings is 3. The number of anilines is 2. The summed E-state index contributed by atoms with van der Waals surface area (Å²) in [5, 5.41) is 2.93. The zero-order valence-corrected chi connectivity index (χ0v) is 24.9. The average molecular weight is 595 g/mol. The molecule has 3 aromatic carbocycles. The van der Waals surface area contributed by atoms with Crippen LogP contribution in [0.4, 0.5) is 20.6 Å². The first-order valence-electron chi connectivity index (χ1n) is 15.0. The molecule has 0 saturated carbocycles. The maximum absolute atomic E-state index is 15.0. The number of ether oxygens (including phenoxy) is 1. The number of amides is 3. The normalized spacial score (nSPS) is 15.5. The molecule has 3 amide bonds. The fraction of sp³-hybridized carbons (Fsp3) is 0.286. The molecule has 44 heavy (non-hydrogen) atoms. The first-order chi connectivity index (χ1) is 21.3. The topological polar surface area (TPSA) is 83.9 Å². The third-order valence-corrected chi connectivity index (χ3v) is 8.52. The van der Waals surface area contributed by atoms with E-state index in [1.807, 2.05) is 60.5 Å². The molecule has 9 heteroatoms. The number of halogens is 1. The Balaban J connectivity index is 1.16. The van der Waals surface area contributed by atoms with Crippen molar-refractivity contribution in [2.24, 2.45) is 0 Å². The molecule has 1 N–H and O–H groups in total. The second kappa shape index (κ2) is 12.4. The van der Waals surface area contributed by atoms with Gasteiger partial charge in [-0.25, -0.2) is 9.18 Å². The average Bonchev–Trinajstić information content (AvgIpc) is 3.39. The van der Waals surface area contributed by atoms with Gasteiger partial charge in [0.2, 0.25) is 0 Å². The summed E-state index contributed by atoms with van der Waals surface area (Å²) in [6.45, 7) is 5.61. The molecule has 0 radical (unpaired) electrons. The number of aromatic nitrogens is 1. The molecule has 4 aromatic rings. The number of urea groups is 1. The van der Waals surface area contributed by atoms with E-state index in [4.69, 9.17) is 4.74 Å². The fourth-order valence-corrected chi connectivity index (χ4v) is 6.25. The van der Waals surface area contributed by atoms with E-state index in [9.17, 15) is 14.4 Å². The van der Waals surface area contributed by atoms with Gasteiger partial charge in [-0.3, -0.25) is 14.5 Å². The van der Waals surface area contributed by atoms with Crippen LogP contribution in [-0.2, 0) is 29.2 Å². The highest BCUT2D eigenvalue weighted by atomic mass is 19.1. The monoisotopic (exact) mass is 594 g/mol. The fourth-order valence-electron chi connectivity index (χ4n) is 6.25. The van der Waals surface area contributed by atoms with Gasteiger partial charge in [-0.15, -0.1) is 0 Å². The molecule has 1 atom stereocenters. The Kier molecular flexibility index (Phi) is 8.19. The molecule has 0 bridgehead atoms. The van der Waals surface area contributed by atoms with Crippen LogP contribution in [0, 0.1) is 12.7 Å². The standard InChI is InChI=1S/C35H35FN4O4/c1-3-44-32(41)19-24-15-17-39(33-29(24)10-6-11-30(33)36)35(43)37-20-26-14-13-25(18-23(26)2)34(42)40-22-28-9-7-16-38(28)21-27-8-4-5-12-31(27)40/h4-14,16,18,24H,3,15,17,19-22H2,1-2H3,(H,37,43). The van der Waals surface area contributed by atoms with Crippen LogP contribution in [0.25, 0.3) is 0 Å². The summed E-state index contributed by atoms with van der Waals surface area (Å²) in [6.07, 6.45) is 2.69. The lowest BCUT2D eigenvalue weighted by Gasteiger charge is -2.34. The van der Waals surface area contributed by atoms with E-state index in [-0.39, 0.29) is 49.6 Å². The maximum Gasteiger partial charge on any atom is 0.322 e. The first-order valence-corrected chi connectivity index (χ1v) is 15.0. The third-order valence-electron chi connectivity index (χ3n) is 8.52. The molecule has 226 valence electrons. The molecule has 2 aliphatic rings. The summed E-state index contributed by atoms with van der Waals surface area (Å²) in [4.78, 5) is 42.5. The first kappa shape index (κ1) is 29.2. The number of fused-ring (bicyclic) bond motifs is 3. The van der Waals surface area contributed by atoms with Crippen molar-refractivity contribution < 1.29 is 23.5 Å². The van der Waals surface area contributed by atoms with Gasteiger partial charge in [0, 0.05) is 42.8 Å². The smallest absolute Gasteiger partial charge is 0.322 e. The molecule has 8 nitrogen and oxygen atoms in total. The molecule has 1 aromatic heterocycles. The number of rotatable bonds is 6. The molecule has 6 rings (SSSR count). The van der Waals surface area contributed by atoms with Crippen molar-refractivity contribution in [2.75, 3.05) is 23.0 Å². The van der Waals surface area contributed by atoms with Crippen molar-refractivity contribution in [2.45, 2.75) is 52.2 Å². The largest absolute Gasteiger partial charge is 0.466 e. The number of nitrogens with one attached hydrogen (secondary N) is 1. The number of para-hydroxylation sites is 2. The van der Waals surface area contributed by atoms with Crippen LogP contribution in [-0.4, -0.2) is 35.6 Å². The van der Waals surface area contributed by atoms with Gasteiger partial charge in [0.1, 0.15) is 5.82 Å². The van der Waals surface area contributed by atoms with Gasteiger partial charge in [0.25, 0.3) is 5.91 Å². The van der Waals surface area contributed by atoms with E-state index in [0.29, 0.717) is 30.6 Å². The molecule has 0 aliphatic carbocycles. The predicted octanol–water partition coefficient (Wildman–Crippen LogP) is 6.30. The second-order valence-electron chi connectivity index (χ2n) is 11.3. The second-order valence-corrected chi connectivity index (χ2v) is 11.3. The van der Waals surface area contributed by atoms with Gasteiger partial charge in [-0.1, -0.05) is 36.4 Å². The van der Waals surface area contributed by atoms with Crippen LogP contribution >= 0.6 is 0 Å². The SMILES string of the molecule is CCOC(=O)CC1CCN(C(=O)NCc2ccc(C(=O)N3Cc4cccn4Cc4ccccc43)cc2C)c2c(F)cccc21. The van der Waals surface area contributed by atoms with Gasteiger partial charge in [-0.05, 0) is 84.8 Å². The molecular formula is C35H35FN4O4. The Morgan fingerprint density at radius 2 is 1.82 bits per heavy atom. The van der Waals surface area contributed by atoms with E-state index in [2.05, 4.69) is 16.0 Å². The van der Waals surface area contributed by atoms with Crippen molar-refractivity contribution in [1.82, 2.24) is 9.88 Å². The molecule has 1 unspecified atom stereocenters. The van der Waals surface area contributed by atoms with Crippen LogP contribution in [0.15, 0.2) is 79.0 Å². The minimum atomic E-state index is -0.507. The quantitative estimate of drug-likeness (QED) is 0.266. The predicted molar refractivity (Wildman–Crippen MR) is 166 cm³/mol. The van der Waals surface area contributed by atoms with Gasteiger partial charge >= 0.3 is 12.0 Å². The summed E-state index contributed by atoms with van der Waals surface area (Å²) >= 11 is 0. The molecule has 0 spiro atoms. The van der Waals surface area contributed by atoms with Gasteiger partial charge < -0.3 is 19.5 Å². The Hall–Kier alpha value is -4.92. The van der Waals surface area contributed by atoms with Crippen LogP contribution in [0.1, 0.15) is 64.0 Å². The number of aryl methyl sites for hydroxylation is 1. The number of esters is 1. The Labute approximate surface area is 256 Å². The lowest BCUT2D eigenvalue weighted by atomic mass is 9.87.